The zero-order valence-corrected chi connectivity index (χ0v) is 56.7. The third kappa shape index (κ3) is 69.6. The summed E-state index contributed by atoms with van der Waals surface area (Å²) in [5.74, 6) is -0.00839. The van der Waals surface area contributed by atoms with Crippen molar-refractivity contribution >= 4 is 11.9 Å². The van der Waals surface area contributed by atoms with E-state index in [0.717, 1.165) is 38.5 Å². The Morgan fingerprint density at radius 1 is 0.325 bits per heavy atom. The lowest BCUT2D eigenvalue weighted by Gasteiger charge is -2.22. The summed E-state index contributed by atoms with van der Waals surface area (Å²) in [6.45, 7) is 5.00. The SMILES string of the molecule is CCCCCCCCCCCCCCCCCCCCCCCCCCC(O)C(CO)NC(=O)CCCCCCCCCCCCCCCCC/C=C\CCCCCCCCCCCCCCOC(=O)CCCCCCCCCCCCC. The van der Waals surface area contributed by atoms with Crippen LogP contribution in [-0.2, 0) is 14.3 Å². The molecule has 1 amide bonds. The molecule has 6 heteroatoms. The van der Waals surface area contributed by atoms with Gasteiger partial charge in [0.05, 0.1) is 25.4 Å². The average molecular weight is 1170 g/mol. The lowest BCUT2D eigenvalue weighted by Crippen LogP contribution is -2.45. The molecule has 83 heavy (non-hydrogen) atoms. The van der Waals surface area contributed by atoms with Crippen LogP contribution in [0.5, 0.6) is 0 Å². The summed E-state index contributed by atoms with van der Waals surface area (Å²) in [5, 5.41) is 23.5. The number of nitrogens with one attached hydrogen (secondary N) is 1. The van der Waals surface area contributed by atoms with E-state index in [0.29, 0.717) is 25.9 Å². The van der Waals surface area contributed by atoms with Crippen molar-refractivity contribution in [2.24, 2.45) is 0 Å². The predicted octanol–water partition coefficient (Wildman–Crippen LogP) is 25.1. The number of aliphatic hydroxyl groups excluding tert-OH is 2. The maximum absolute atomic E-state index is 12.6. The molecule has 0 fully saturated rings. The van der Waals surface area contributed by atoms with E-state index in [2.05, 4.69) is 31.3 Å². The first kappa shape index (κ1) is 81.6. The molecular formula is C77H151NO5. The molecule has 0 aliphatic rings. The molecule has 0 spiro atoms. The molecule has 0 saturated carbocycles. The Bertz CT molecular complexity index is 1260. The zero-order valence-electron chi connectivity index (χ0n) is 56.7. The Balaban J connectivity index is 3.36. The molecule has 494 valence electrons. The van der Waals surface area contributed by atoms with Crippen LogP contribution < -0.4 is 5.32 Å². The second-order valence-corrected chi connectivity index (χ2v) is 26.7. The van der Waals surface area contributed by atoms with Crippen molar-refractivity contribution in [1.29, 1.82) is 0 Å². The molecule has 2 atom stereocenters. The van der Waals surface area contributed by atoms with E-state index in [1.165, 1.54) is 372 Å². The van der Waals surface area contributed by atoms with Crippen LogP contribution in [0.1, 0.15) is 444 Å². The summed E-state index contributed by atoms with van der Waals surface area (Å²) < 4.78 is 5.48. The smallest absolute Gasteiger partial charge is 0.305 e. The Morgan fingerprint density at radius 2 is 0.566 bits per heavy atom. The van der Waals surface area contributed by atoms with Crippen LogP contribution >= 0.6 is 0 Å². The Kier molecular flexibility index (Phi) is 71.8. The number of rotatable bonds is 73. The van der Waals surface area contributed by atoms with Crippen molar-refractivity contribution in [2.75, 3.05) is 13.2 Å². The molecule has 6 nitrogen and oxygen atoms in total. The number of carbonyl (C=O) groups excluding carboxylic acids is 2. The molecule has 0 rings (SSSR count). The van der Waals surface area contributed by atoms with E-state index in [1.54, 1.807) is 0 Å². The molecule has 3 N–H and O–H groups in total. The third-order valence-corrected chi connectivity index (χ3v) is 18.3. The minimum absolute atomic E-state index is 0.0185. The van der Waals surface area contributed by atoms with Gasteiger partial charge in [-0.05, 0) is 51.4 Å². The number of amides is 1. The van der Waals surface area contributed by atoms with E-state index in [9.17, 15) is 19.8 Å². The lowest BCUT2D eigenvalue weighted by molar-refractivity contribution is -0.143. The number of hydrogen-bond acceptors (Lipinski definition) is 5. The second-order valence-electron chi connectivity index (χ2n) is 26.7. The maximum atomic E-state index is 12.6. The van der Waals surface area contributed by atoms with Crippen molar-refractivity contribution in [3.05, 3.63) is 12.2 Å². The van der Waals surface area contributed by atoms with Crippen molar-refractivity contribution in [1.82, 2.24) is 5.32 Å². The summed E-state index contributed by atoms with van der Waals surface area (Å²) >= 11 is 0. The molecule has 2 unspecified atom stereocenters. The van der Waals surface area contributed by atoms with Gasteiger partial charge < -0.3 is 20.3 Å². The molecule has 0 saturated heterocycles. The van der Waals surface area contributed by atoms with Crippen LogP contribution in [0.15, 0.2) is 12.2 Å². The fraction of sp³-hybridized carbons (Fsp3) is 0.948. The monoisotopic (exact) mass is 1170 g/mol. The summed E-state index contributed by atoms with van der Waals surface area (Å²) in [6, 6.07) is -0.541. The van der Waals surface area contributed by atoms with Gasteiger partial charge in [-0.1, -0.05) is 392 Å². The Hall–Kier alpha value is -1.40. The highest BCUT2D eigenvalue weighted by Gasteiger charge is 2.20. The zero-order chi connectivity index (χ0) is 59.9. The van der Waals surface area contributed by atoms with Gasteiger partial charge in [-0.2, -0.15) is 0 Å². The van der Waals surface area contributed by atoms with Crippen molar-refractivity contribution < 1.29 is 24.5 Å². The van der Waals surface area contributed by atoms with Gasteiger partial charge in [0.25, 0.3) is 0 Å². The quantitative estimate of drug-likeness (QED) is 0.0320. The second kappa shape index (κ2) is 73.1. The number of esters is 1. The van der Waals surface area contributed by atoms with Crippen molar-refractivity contribution in [3.8, 4) is 0 Å². The van der Waals surface area contributed by atoms with Gasteiger partial charge in [0.15, 0.2) is 0 Å². The third-order valence-electron chi connectivity index (χ3n) is 18.3. The van der Waals surface area contributed by atoms with E-state index < -0.39 is 12.1 Å². The summed E-state index contributed by atoms with van der Waals surface area (Å²) in [6.07, 6.45) is 91.5. The predicted molar refractivity (Wildman–Crippen MR) is 366 cm³/mol. The molecular weight excluding hydrogens is 1020 g/mol. The van der Waals surface area contributed by atoms with Gasteiger partial charge in [-0.3, -0.25) is 9.59 Å². The maximum Gasteiger partial charge on any atom is 0.305 e. The summed E-state index contributed by atoms with van der Waals surface area (Å²) in [7, 11) is 0. The van der Waals surface area contributed by atoms with Gasteiger partial charge in [0.2, 0.25) is 5.91 Å². The Labute approximate surface area is 520 Å². The van der Waals surface area contributed by atoms with Crippen LogP contribution in [0.3, 0.4) is 0 Å². The van der Waals surface area contributed by atoms with Crippen molar-refractivity contribution in [3.63, 3.8) is 0 Å². The van der Waals surface area contributed by atoms with Crippen molar-refractivity contribution in [2.45, 2.75) is 456 Å². The van der Waals surface area contributed by atoms with Crippen LogP contribution in [0.2, 0.25) is 0 Å². The van der Waals surface area contributed by atoms with Gasteiger partial charge in [0.1, 0.15) is 0 Å². The highest BCUT2D eigenvalue weighted by Crippen LogP contribution is 2.20. The molecule has 0 aromatic rings. The molecule has 0 aliphatic carbocycles. The summed E-state index contributed by atoms with van der Waals surface area (Å²) in [5.41, 5.74) is 0. The first-order valence-corrected chi connectivity index (χ1v) is 38.4. The van der Waals surface area contributed by atoms with Crippen LogP contribution in [0.4, 0.5) is 0 Å². The number of carbonyl (C=O) groups is 2. The first-order valence-electron chi connectivity index (χ1n) is 38.4. The minimum Gasteiger partial charge on any atom is -0.466 e. The minimum atomic E-state index is -0.664. The largest absolute Gasteiger partial charge is 0.466 e. The average Bonchev–Trinajstić information content (AvgIpc) is 3.50. The topological polar surface area (TPSA) is 95.9 Å². The van der Waals surface area contributed by atoms with Gasteiger partial charge in [-0.15, -0.1) is 0 Å². The van der Waals surface area contributed by atoms with Crippen LogP contribution in [0, 0.1) is 0 Å². The van der Waals surface area contributed by atoms with E-state index in [-0.39, 0.29) is 18.5 Å². The number of unbranched alkanes of at least 4 members (excludes halogenated alkanes) is 60. The molecule has 0 aromatic heterocycles. The normalized spacial score (nSPS) is 12.5. The lowest BCUT2D eigenvalue weighted by atomic mass is 10.0. The molecule has 0 heterocycles. The van der Waals surface area contributed by atoms with Gasteiger partial charge in [0, 0.05) is 12.8 Å². The molecule has 0 bridgehead atoms. The molecule has 0 radical (unpaired) electrons. The Morgan fingerprint density at radius 3 is 0.855 bits per heavy atom. The van der Waals surface area contributed by atoms with Crippen LogP contribution in [-0.4, -0.2) is 47.4 Å². The molecule has 0 aliphatic heterocycles. The molecule has 0 aromatic carbocycles. The number of allylic oxidation sites excluding steroid dienone is 2. The fourth-order valence-electron chi connectivity index (χ4n) is 12.5. The first-order chi connectivity index (χ1) is 41.0. The fourth-order valence-corrected chi connectivity index (χ4v) is 12.5. The van der Waals surface area contributed by atoms with Gasteiger partial charge >= 0.3 is 5.97 Å². The van der Waals surface area contributed by atoms with E-state index in [4.69, 9.17) is 4.74 Å². The number of hydrogen-bond donors (Lipinski definition) is 3. The van der Waals surface area contributed by atoms with E-state index >= 15 is 0 Å². The number of aliphatic hydroxyl groups is 2. The highest BCUT2D eigenvalue weighted by atomic mass is 16.5. The number of ether oxygens (including phenoxy) is 1. The highest BCUT2D eigenvalue weighted by molar-refractivity contribution is 5.76. The standard InChI is InChI=1S/C77H151NO5/c1-3-5-7-9-11-13-15-16-17-18-19-20-21-31-34-37-40-43-46-50-53-57-61-65-69-75(80)74(73-79)78-76(81)70-66-62-58-54-51-47-44-41-38-35-32-29-27-25-23-22-24-26-28-30-33-36-39-42-45-48-52-56-60-64-68-72-83-77(82)71-67-63-59-55-49-14-12-10-8-6-4-2/h24,26,74-75,79-80H,3-23,25,27-73H2,1-2H3,(H,78,81)/b26-24-. The van der Waals surface area contributed by atoms with E-state index in [1.807, 2.05) is 0 Å². The summed E-state index contributed by atoms with van der Waals surface area (Å²) in [4.78, 5) is 24.6. The van der Waals surface area contributed by atoms with Gasteiger partial charge in [-0.25, -0.2) is 0 Å². The van der Waals surface area contributed by atoms with Crippen LogP contribution in [0.25, 0.3) is 0 Å².